The number of aryl methyl sites for hydroxylation is 1. The van der Waals surface area contributed by atoms with Crippen LogP contribution in [0.4, 0.5) is 0 Å². The molecular formula is C22H21N5O4. The second kappa shape index (κ2) is 8.70. The van der Waals surface area contributed by atoms with Crippen LogP contribution in [0.15, 0.2) is 64.4 Å². The summed E-state index contributed by atoms with van der Waals surface area (Å²) < 4.78 is 7.18. The zero-order valence-corrected chi connectivity index (χ0v) is 16.8. The van der Waals surface area contributed by atoms with Crippen LogP contribution in [-0.4, -0.2) is 38.6 Å². The molecule has 0 bridgehead atoms. The number of carbonyl (C=O) groups excluding carboxylic acids is 1. The highest BCUT2D eigenvalue weighted by atomic mass is 16.5. The maximum absolute atomic E-state index is 12.1. The quantitative estimate of drug-likeness (QED) is 0.395. The van der Waals surface area contributed by atoms with E-state index < -0.39 is 11.2 Å². The molecule has 4 aromatic rings. The number of aromatic nitrogens is 4. The fourth-order valence-corrected chi connectivity index (χ4v) is 3.30. The fourth-order valence-electron chi connectivity index (χ4n) is 3.30. The number of carbonyl (C=O) groups is 1. The number of rotatable bonds is 7. The number of fused-ring (bicyclic) bond motifs is 1. The third kappa shape index (κ3) is 4.25. The predicted octanol–water partition coefficient (Wildman–Crippen LogP) is 1.91. The summed E-state index contributed by atoms with van der Waals surface area (Å²) in [6, 6.07) is 12.5. The highest BCUT2D eigenvalue weighted by Gasteiger charge is 2.11. The molecule has 0 spiro atoms. The Balaban J connectivity index is 1.40. The van der Waals surface area contributed by atoms with E-state index in [0.717, 1.165) is 11.3 Å². The lowest BCUT2D eigenvalue weighted by Gasteiger charge is -2.08. The lowest BCUT2D eigenvalue weighted by Crippen LogP contribution is -2.29. The summed E-state index contributed by atoms with van der Waals surface area (Å²) in [5.41, 5.74) is 2.13. The molecular weight excluding hydrogens is 398 g/mol. The first-order chi connectivity index (χ1) is 15.1. The zero-order valence-electron chi connectivity index (χ0n) is 16.8. The van der Waals surface area contributed by atoms with Crippen LogP contribution in [-0.2, 0) is 6.54 Å². The van der Waals surface area contributed by atoms with Gasteiger partial charge in [0.1, 0.15) is 17.9 Å². The van der Waals surface area contributed by atoms with Crippen LogP contribution in [0, 0.1) is 0 Å². The van der Waals surface area contributed by atoms with Gasteiger partial charge in [-0.25, -0.2) is 4.79 Å². The van der Waals surface area contributed by atoms with Crippen molar-refractivity contribution in [2.45, 2.75) is 13.5 Å². The minimum Gasteiger partial charge on any atom is -0.492 e. The molecule has 1 amide bonds. The van der Waals surface area contributed by atoms with E-state index >= 15 is 0 Å². The van der Waals surface area contributed by atoms with E-state index in [0.29, 0.717) is 42.0 Å². The first-order valence-corrected chi connectivity index (χ1v) is 9.84. The maximum atomic E-state index is 12.1. The van der Waals surface area contributed by atoms with Gasteiger partial charge in [-0.3, -0.25) is 24.1 Å². The van der Waals surface area contributed by atoms with Crippen LogP contribution in [0.3, 0.4) is 0 Å². The van der Waals surface area contributed by atoms with Crippen molar-refractivity contribution in [1.82, 2.24) is 24.8 Å². The highest BCUT2D eigenvalue weighted by molar-refractivity contribution is 5.93. The minimum absolute atomic E-state index is 0.202. The van der Waals surface area contributed by atoms with E-state index in [-0.39, 0.29) is 5.91 Å². The topological polar surface area (TPSA) is 122 Å². The van der Waals surface area contributed by atoms with Gasteiger partial charge in [-0.05, 0) is 55.0 Å². The summed E-state index contributed by atoms with van der Waals surface area (Å²) >= 11 is 0. The smallest absolute Gasteiger partial charge is 0.328 e. The molecule has 0 radical (unpaired) electrons. The standard InChI is InChI=1S/C22H21N5O4/c1-2-27-18-12-17(25-19(18)21(29)26-22(27)30)14-5-7-16(8-6-14)31-11-10-24-20(28)15-4-3-9-23-13-15/h3-9,12-13,25H,2,10-11H2,1H3,(H,24,28)(H,26,29,30). The van der Waals surface area contributed by atoms with Gasteiger partial charge < -0.3 is 15.0 Å². The van der Waals surface area contributed by atoms with Gasteiger partial charge in [0.2, 0.25) is 0 Å². The fraction of sp³-hybridized carbons (Fsp3) is 0.182. The normalized spacial score (nSPS) is 10.9. The van der Waals surface area contributed by atoms with Gasteiger partial charge in [-0.1, -0.05) is 0 Å². The number of nitrogens with one attached hydrogen (secondary N) is 3. The monoisotopic (exact) mass is 419 g/mol. The van der Waals surface area contributed by atoms with E-state index in [1.165, 1.54) is 10.8 Å². The average Bonchev–Trinajstić information content (AvgIpc) is 3.23. The van der Waals surface area contributed by atoms with Crippen LogP contribution < -0.4 is 21.3 Å². The Bertz CT molecular complexity index is 1320. The number of nitrogens with zero attached hydrogens (tertiary/aromatic N) is 2. The molecule has 0 atom stereocenters. The highest BCUT2D eigenvalue weighted by Crippen LogP contribution is 2.24. The third-order valence-electron chi connectivity index (χ3n) is 4.84. The van der Waals surface area contributed by atoms with Gasteiger partial charge in [0, 0.05) is 24.6 Å². The van der Waals surface area contributed by atoms with Crippen molar-refractivity contribution in [3.8, 4) is 17.0 Å². The predicted molar refractivity (Wildman–Crippen MR) is 116 cm³/mol. The molecule has 0 aliphatic carbocycles. The Labute approximate surface area is 176 Å². The summed E-state index contributed by atoms with van der Waals surface area (Å²) in [7, 11) is 0. The number of aromatic amines is 2. The Morgan fingerprint density at radius 2 is 1.97 bits per heavy atom. The number of amides is 1. The van der Waals surface area contributed by atoms with E-state index in [1.807, 2.05) is 19.1 Å². The van der Waals surface area contributed by atoms with Crippen LogP contribution in [0.2, 0.25) is 0 Å². The molecule has 4 rings (SSSR count). The van der Waals surface area contributed by atoms with E-state index in [1.54, 1.807) is 36.5 Å². The molecule has 1 aromatic carbocycles. The van der Waals surface area contributed by atoms with Crippen LogP contribution in [0.5, 0.6) is 5.75 Å². The van der Waals surface area contributed by atoms with E-state index in [4.69, 9.17) is 4.74 Å². The van der Waals surface area contributed by atoms with E-state index in [2.05, 4.69) is 20.3 Å². The molecule has 0 saturated heterocycles. The number of hydrogen-bond acceptors (Lipinski definition) is 5. The molecule has 9 heteroatoms. The van der Waals surface area contributed by atoms with Crippen molar-refractivity contribution in [2.75, 3.05) is 13.2 Å². The van der Waals surface area contributed by atoms with Crippen LogP contribution in [0.25, 0.3) is 22.3 Å². The largest absolute Gasteiger partial charge is 0.492 e. The van der Waals surface area contributed by atoms with Gasteiger partial charge in [-0.15, -0.1) is 0 Å². The Morgan fingerprint density at radius 3 is 2.68 bits per heavy atom. The van der Waals surface area contributed by atoms with Crippen LogP contribution in [0.1, 0.15) is 17.3 Å². The van der Waals surface area contributed by atoms with Crippen molar-refractivity contribution in [1.29, 1.82) is 0 Å². The van der Waals surface area contributed by atoms with Crippen molar-refractivity contribution in [3.63, 3.8) is 0 Å². The van der Waals surface area contributed by atoms with Gasteiger partial charge in [0.05, 0.1) is 17.6 Å². The lowest BCUT2D eigenvalue weighted by atomic mass is 10.1. The number of pyridine rings is 1. The molecule has 0 aliphatic heterocycles. The summed E-state index contributed by atoms with van der Waals surface area (Å²) in [4.78, 5) is 45.4. The number of benzene rings is 1. The summed E-state index contributed by atoms with van der Waals surface area (Å²) in [6.45, 7) is 2.97. The minimum atomic E-state index is -0.441. The molecule has 31 heavy (non-hydrogen) atoms. The molecule has 0 aliphatic rings. The summed E-state index contributed by atoms with van der Waals surface area (Å²) in [5, 5.41) is 2.77. The average molecular weight is 419 g/mol. The molecule has 3 aromatic heterocycles. The first-order valence-electron chi connectivity index (χ1n) is 9.84. The van der Waals surface area contributed by atoms with E-state index in [9.17, 15) is 14.4 Å². The molecule has 9 nitrogen and oxygen atoms in total. The molecule has 158 valence electrons. The molecule has 3 heterocycles. The van der Waals surface area contributed by atoms with Gasteiger partial charge in [0.25, 0.3) is 11.5 Å². The molecule has 0 fully saturated rings. The maximum Gasteiger partial charge on any atom is 0.328 e. The van der Waals surface area contributed by atoms with Crippen molar-refractivity contribution < 1.29 is 9.53 Å². The number of H-pyrrole nitrogens is 2. The number of ether oxygens (including phenoxy) is 1. The Hall–Kier alpha value is -4.14. The van der Waals surface area contributed by atoms with Crippen molar-refractivity contribution >= 4 is 16.9 Å². The van der Waals surface area contributed by atoms with Gasteiger partial charge in [0.15, 0.2) is 0 Å². The van der Waals surface area contributed by atoms with Gasteiger partial charge in [-0.2, -0.15) is 0 Å². The Morgan fingerprint density at radius 1 is 1.16 bits per heavy atom. The third-order valence-corrected chi connectivity index (χ3v) is 4.84. The molecule has 0 saturated carbocycles. The zero-order chi connectivity index (χ0) is 21.8. The second-order valence-electron chi connectivity index (χ2n) is 6.82. The molecule has 3 N–H and O–H groups in total. The summed E-state index contributed by atoms with van der Waals surface area (Å²) in [6.07, 6.45) is 3.12. The Kier molecular flexibility index (Phi) is 5.65. The van der Waals surface area contributed by atoms with Crippen molar-refractivity contribution in [2.24, 2.45) is 0 Å². The SMILES string of the molecule is CCn1c(=O)[nH]c(=O)c2[nH]c(-c3ccc(OCCNC(=O)c4cccnc4)cc3)cc21. The van der Waals surface area contributed by atoms with Crippen LogP contribution >= 0.6 is 0 Å². The second-order valence-corrected chi connectivity index (χ2v) is 6.82. The van der Waals surface area contributed by atoms with Gasteiger partial charge >= 0.3 is 5.69 Å². The first kappa shape index (κ1) is 20.1. The van der Waals surface area contributed by atoms with Crippen molar-refractivity contribution in [3.05, 3.63) is 81.3 Å². The lowest BCUT2D eigenvalue weighted by molar-refractivity contribution is 0.0946. The summed E-state index contributed by atoms with van der Waals surface area (Å²) in [5.74, 6) is 0.449. The molecule has 0 unspecified atom stereocenters. The number of hydrogen-bond donors (Lipinski definition) is 3.